The lowest BCUT2D eigenvalue weighted by molar-refractivity contribution is 0.248. The first-order valence-electron chi connectivity index (χ1n) is 7.26. The van der Waals surface area contributed by atoms with Gasteiger partial charge in [0.2, 0.25) is 0 Å². The summed E-state index contributed by atoms with van der Waals surface area (Å²) in [4.78, 5) is 0. The summed E-state index contributed by atoms with van der Waals surface area (Å²) >= 11 is 0. The molecule has 0 saturated carbocycles. The van der Waals surface area contributed by atoms with Crippen molar-refractivity contribution in [3.63, 3.8) is 0 Å². The highest BCUT2D eigenvalue weighted by atomic mass is 15.0. The molecule has 0 radical (unpaired) electrons. The van der Waals surface area contributed by atoms with Crippen LogP contribution in [0.25, 0.3) is 0 Å². The molecule has 0 aliphatic carbocycles. The summed E-state index contributed by atoms with van der Waals surface area (Å²) in [6.45, 7) is 11.5. The molecule has 0 fully saturated rings. The van der Waals surface area contributed by atoms with Gasteiger partial charge in [0.15, 0.2) is 0 Å². The minimum atomic E-state index is 0.238. The standard InChI is InChI=1S/C17H29N/c1-6-7-11-14(2)18-16(17(3,4)5)15-12-9-8-10-13-15/h8-10,12-14,16,18H,6-7,11H2,1-5H3. The van der Waals surface area contributed by atoms with Crippen LogP contribution in [0.4, 0.5) is 0 Å². The van der Waals surface area contributed by atoms with E-state index in [0.29, 0.717) is 12.1 Å². The molecule has 0 aliphatic heterocycles. The Kier molecular flexibility index (Phi) is 5.87. The SMILES string of the molecule is CCCCC(C)NC(c1ccccc1)C(C)(C)C. The summed E-state index contributed by atoms with van der Waals surface area (Å²) in [6, 6.07) is 11.8. The highest BCUT2D eigenvalue weighted by molar-refractivity contribution is 5.20. The molecule has 0 amide bonds. The van der Waals surface area contributed by atoms with E-state index in [0.717, 1.165) is 0 Å². The summed E-state index contributed by atoms with van der Waals surface area (Å²) in [5.74, 6) is 0. The van der Waals surface area contributed by atoms with Crippen molar-refractivity contribution in [2.24, 2.45) is 5.41 Å². The van der Waals surface area contributed by atoms with Gasteiger partial charge in [-0.1, -0.05) is 70.9 Å². The van der Waals surface area contributed by atoms with Crippen molar-refractivity contribution in [2.75, 3.05) is 0 Å². The Bertz CT molecular complexity index is 323. The summed E-state index contributed by atoms with van der Waals surface area (Å²) in [7, 11) is 0. The Balaban J connectivity index is 2.75. The van der Waals surface area contributed by atoms with E-state index in [9.17, 15) is 0 Å². The van der Waals surface area contributed by atoms with E-state index < -0.39 is 0 Å². The quantitative estimate of drug-likeness (QED) is 0.750. The lowest BCUT2D eigenvalue weighted by Gasteiger charge is -2.34. The molecule has 0 spiro atoms. The second-order valence-corrected chi connectivity index (χ2v) is 6.42. The van der Waals surface area contributed by atoms with Gasteiger partial charge in [-0.3, -0.25) is 0 Å². The number of hydrogen-bond donors (Lipinski definition) is 1. The van der Waals surface area contributed by atoms with Gasteiger partial charge in [-0.25, -0.2) is 0 Å². The summed E-state index contributed by atoms with van der Waals surface area (Å²) < 4.78 is 0. The molecule has 1 rings (SSSR count). The molecule has 0 saturated heterocycles. The Morgan fingerprint density at radius 1 is 1.11 bits per heavy atom. The van der Waals surface area contributed by atoms with Gasteiger partial charge in [0.1, 0.15) is 0 Å². The lowest BCUT2D eigenvalue weighted by atomic mass is 9.82. The van der Waals surface area contributed by atoms with Crippen LogP contribution in [0.15, 0.2) is 30.3 Å². The molecular formula is C17H29N. The van der Waals surface area contributed by atoms with E-state index in [1.807, 2.05) is 0 Å². The smallest absolute Gasteiger partial charge is 0.0371 e. The Labute approximate surface area is 113 Å². The molecule has 0 aliphatic rings. The normalized spacial score (nSPS) is 15.4. The number of unbranched alkanes of at least 4 members (excludes halogenated alkanes) is 1. The first-order chi connectivity index (χ1) is 8.45. The molecular weight excluding hydrogens is 218 g/mol. The molecule has 0 heterocycles. The Morgan fingerprint density at radius 2 is 1.72 bits per heavy atom. The summed E-state index contributed by atoms with van der Waals surface area (Å²) in [6.07, 6.45) is 3.84. The van der Waals surface area contributed by atoms with Gasteiger partial charge >= 0.3 is 0 Å². The second kappa shape index (κ2) is 6.94. The predicted molar refractivity (Wildman–Crippen MR) is 80.8 cm³/mol. The molecule has 2 atom stereocenters. The third-order valence-electron chi connectivity index (χ3n) is 3.44. The van der Waals surface area contributed by atoms with Crippen molar-refractivity contribution in [3.05, 3.63) is 35.9 Å². The van der Waals surface area contributed by atoms with E-state index in [2.05, 4.69) is 70.3 Å². The van der Waals surface area contributed by atoms with Crippen LogP contribution in [0.1, 0.15) is 65.5 Å². The zero-order valence-electron chi connectivity index (χ0n) is 12.7. The van der Waals surface area contributed by atoms with E-state index in [-0.39, 0.29) is 5.41 Å². The number of rotatable bonds is 6. The minimum absolute atomic E-state index is 0.238. The van der Waals surface area contributed by atoms with E-state index in [1.54, 1.807) is 0 Å². The largest absolute Gasteiger partial charge is 0.307 e. The zero-order valence-corrected chi connectivity index (χ0v) is 12.7. The van der Waals surface area contributed by atoms with Gasteiger partial charge in [-0.15, -0.1) is 0 Å². The first kappa shape index (κ1) is 15.2. The summed E-state index contributed by atoms with van der Waals surface area (Å²) in [5, 5.41) is 3.81. The maximum Gasteiger partial charge on any atom is 0.0371 e. The second-order valence-electron chi connectivity index (χ2n) is 6.42. The van der Waals surface area contributed by atoms with E-state index in [4.69, 9.17) is 0 Å². The van der Waals surface area contributed by atoms with Crippen molar-refractivity contribution in [3.8, 4) is 0 Å². The highest BCUT2D eigenvalue weighted by Crippen LogP contribution is 2.33. The third kappa shape index (κ3) is 4.81. The third-order valence-corrected chi connectivity index (χ3v) is 3.44. The van der Waals surface area contributed by atoms with Gasteiger partial charge in [-0.2, -0.15) is 0 Å². The lowest BCUT2D eigenvalue weighted by Crippen LogP contribution is -2.37. The fraction of sp³-hybridized carbons (Fsp3) is 0.647. The fourth-order valence-corrected chi connectivity index (χ4v) is 2.37. The minimum Gasteiger partial charge on any atom is -0.307 e. The summed E-state index contributed by atoms with van der Waals surface area (Å²) in [5.41, 5.74) is 1.63. The molecule has 0 bridgehead atoms. The van der Waals surface area contributed by atoms with Crippen molar-refractivity contribution in [2.45, 2.75) is 66.0 Å². The van der Waals surface area contributed by atoms with Crippen LogP contribution in [-0.4, -0.2) is 6.04 Å². The van der Waals surface area contributed by atoms with E-state index >= 15 is 0 Å². The molecule has 1 aromatic carbocycles. The molecule has 18 heavy (non-hydrogen) atoms. The van der Waals surface area contributed by atoms with Gasteiger partial charge in [-0.05, 0) is 24.3 Å². The van der Waals surface area contributed by atoms with Gasteiger partial charge in [0, 0.05) is 12.1 Å². The number of nitrogens with one attached hydrogen (secondary N) is 1. The number of hydrogen-bond acceptors (Lipinski definition) is 1. The maximum absolute atomic E-state index is 3.81. The maximum atomic E-state index is 3.81. The van der Waals surface area contributed by atoms with Crippen LogP contribution in [0, 0.1) is 5.41 Å². The van der Waals surface area contributed by atoms with Crippen molar-refractivity contribution < 1.29 is 0 Å². The van der Waals surface area contributed by atoms with Crippen molar-refractivity contribution >= 4 is 0 Å². The Morgan fingerprint density at radius 3 is 2.22 bits per heavy atom. The molecule has 2 unspecified atom stereocenters. The number of benzene rings is 1. The molecule has 0 aromatic heterocycles. The van der Waals surface area contributed by atoms with Crippen LogP contribution in [0.2, 0.25) is 0 Å². The van der Waals surface area contributed by atoms with Crippen LogP contribution in [-0.2, 0) is 0 Å². The van der Waals surface area contributed by atoms with Crippen LogP contribution in [0.5, 0.6) is 0 Å². The first-order valence-corrected chi connectivity index (χ1v) is 7.26. The Hall–Kier alpha value is -0.820. The average Bonchev–Trinajstić information content (AvgIpc) is 2.33. The topological polar surface area (TPSA) is 12.0 Å². The fourth-order valence-electron chi connectivity index (χ4n) is 2.37. The molecule has 1 nitrogen and oxygen atoms in total. The van der Waals surface area contributed by atoms with Gasteiger partial charge < -0.3 is 5.32 Å². The van der Waals surface area contributed by atoms with Crippen LogP contribution >= 0.6 is 0 Å². The van der Waals surface area contributed by atoms with Crippen LogP contribution < -0.4 is 5.32 Å². The predicted octanol–water partition coefficient (Wildman–Crippen LogP) is 4.94. The van der Waals surface area contributed by atoms with Crippen LogP contribution in [0.3, 0.4) is 0 Å². The average molecular weight is 247 g/mol. The van der Waals surface area contributed by atoms with Crippen molar-refractivity contribution in [1.82, 2.24) is 5.32 Å². The monoisotopic (exact) mass is 247 g/mol. The molecule has 102 valence electrons. The van der Waals surface area contributed by atoms with E-state index in [1.165, 1.54) is 24.8 Å². The zero-order chi connectivity index (χ0) is 13.6. The van der Waals surface area contributed by atoms with Gasteiger partial charge in [0.05, 0.1) is 0 Å². The van der Waals surface area contributed by atoms with Crippen molar-refractivity contribution in [1.29, 1.82) is 0 Å². The molecule has 1 aromatic rings. The molecule has 1 heteroatoms. The molecule has 1 N–H and O–H groups in total. The van der Waals surface area contributed by atoms with Gasteiger partial charge in [0.25, 0.3) is 0 Å². The highest BCUT2D eigenvalue weighted by Gasteiger charge is 2.26.